The Bertz CT molecular complexity index is 413. The van der Waals surface area contributed by atoms with E-state index >= 15 is 0 Å². The lowest BCUT2D eigenvalue weighted by molar-refractivity contribution is 0.656. The molecule has 6 nitrogen and oxygen atoms in total. The van der Waals surface area contributed by atoms with E-state index < -0.39 is 0 Å². The minimum Gasteiger partial charge on any atom is -0.373 e. The number of hydrogen-bond acceptors (Lipinski definition) is 5. The maximum Gasteiger partial charge on any atom is 0.277 e. The molecule has 0 aliphatic carbocycles. The molecule has 1 aromatic heterocycles. The fraction of sp³-hybridized carbons (Fsp3) is 0.500. The first-order valence-electron chi connectivity index (χ1n) is 4.51. The van der Waals surface area contributed by atoms with Crippen LogP contribution in [0, 0.1) is 0 Å². The highest BCUT2D eigenvalue weighted by atomic mass is 16.1. The molecule has 0 fully saturated rings. The monoisotopic (exact) mass is 195 g/mol. The van der Waals surface area contributed by atoms with E-state index in [4.69, 9.17) is 5.73 Å². The minimum absolute atomic E-state index is 0.129. The zero-order valence-corrected chi connectivity index (χ0v) is 8.09. The number of fused-ring (bicyclic) bond motifs is 1. The van der Waals surface area contributed by atoms with Crippen LogP contribution < -0.4 is 21.9 Å². The van der Waals surface area contributed by atoms with Gasteiger partial charge in [0.15, 0.2) is 5.82 Å². The summed E-state index contributed by atoms with van der Waals surface area (Å²) in [6.45, 7) is 4.01. The van der Waals surface area contributed by atoms with Crippen molar-refractivity contribution < 1.29 is 0 Å². The molecule has 0 saturated carbocycles. The van der Waals surface area contributed by atoms with Crippen molar-refractivity contribution in [3.8, 4) is 0 Å². The molecular formula is C8H13N5O. The van der Waals surface area contributed by atoms with E-state index in [0.29, 0.717) is 11.5 Å². The number of aromatic amines is 1. The fourth-order valence-electron chi connectivity index (χ4n) is 1.42. The summed E-state index contributed by atoms with van der Waals surface area (Å²) < 4.78 is 0. The van der Waals surface area contributed by atoms with Gasteiger partial charge in [-0.1, -0.05) is 0 Å². The van der Waals surface area contributed by atoms with Crippen molar-refractivity contribution in [3.05, 3.63) is 10.4 Å². The molecule has 2 atom stereocenters. The molecule has 76 valence electrons. The van der Waals surface area contributed by atoms with Crippen LogP contribution in [0.1, 0.15) is 13.8 Å². The van der Waals surface area contributed by atoms with Crippen LogP contribution in [0.2, 0.25) is 0 Å². The van der Waals surface area contributed by atoms with Crippen LogP contribution in [0.25, 0.3) is 0 Å². The highest BCUT2D eigenvalue weighted by Gasteiger charge is 2.23. The lowest BCUT2D eigenvalue weighted by atomic mass is 10.1. The van der Waals surface area contributed by atoms with Crippen molar-refractivity contribution in [1.82, 2.24) is 9.97 Å². The number of rotatable bonds is 0. The van der Waals surface area contributed by atoms with E-state index in [9.17, 15) is 4.79 Å². The third kappa shape index (κ3) is 1.28. The van der Waals surface area contributed by atoms with Gasteiger partial charge in [0.05, 0.1) is 0 Å². The van der Waals surface area contributed by atoms with E-state index in [1.54, 1.807) is 0 Å². The SMILES string of the molecule is C[C@@H]1Nc2c(nc(N)[nH]c2=O)N[C@@H]1C. The Labute approximate surface area is 80.9 Å². The van der Waals surface area contributed by atoms with Crippen LogP contribution in [0.15, 0.2) is 4.79 Å². The first kappa shape index (κ1) is 8.86. The molecule has 5 N–H and O–H groups in total. The summed E-state index contributed by atoms with van der Waals surface area (Å²) in [6.07, 6.45) is 0. The molecule has 1 aliphatic rings. The van der Waals surface area contributed by atoms with Gasteiger partial charge in [0.1, 0.15) is 5.69 Å². The smallest absolute Gasteiger partial charge is 0.277 e. The van der Waals surface area contributed by atoms with Gasteiger partial charge in [0, 0.05) is 12.1 Å². The second-order valence-corrected chi connectivity index (χ2v) is 3.54. The summed E-state index contributed by atoms with van der Waals surface area (Å²) in [5, 5.41) is 6.20. The van der Waals surface area contributed by atoms with Crippen LogP contribution in [0.5, 0.6) is 0 Å². The molecule has 2 heterocycles. The predicted molar refractivity (Wildman–Crippen MR) is 55.4 cm³/mol. The molecule has 6 heteroatoms. The standard InChI is InChI=1S/C8H13N5O/c1-3-4(2)11-6-5(10-3)7(14)13-8(9)12-6/h3-4,10H,1-2H3,(H4,9,11,12,13,14)/t3-,4+/m0/s1. The second kappa shape index (κ2) is 2.90. The lowest BCUT2D eigenvalue weighted by Gasteiger charge is -2.30. The summed E-state index contributed by atoms with van der Waals surface area (Å²) >= 11 is 0. The van der Waals surface area contributed by atoms with Crippen LogP contribution in [-0.4, -0.2) is 22.1 Å². The highest BCUT2D eigenvalue weighted by molar-refractivity contribution is 5.67. The Kier molecular flexibility index (Phi) is 1.83. The molecule has 0 spiro atoms. The third-order valence-electron chi connectivity index (χ3n) is 2.42. The predicted octanol–water partition coefficient (Wildman–Crippen LogP) is -0.0335. The summed E-state index contributed by atoms with van der Waals surface area (Å²) in [7, 11) is 0. The maximum absolute atomic E-state index is 11.5. The van der Waals surface area contributed by atoms with Crippen LogP contribution in [0.3, 0.4) is 0 Å². The number of nitrogen functional groups attached to an aromatic ring is 1. The molecule has 0 aromatic carbocycles. The van der Waals surface area contributed by atoms with Gasteiger partial charge in [-0.15, -0.1) is 0 Å². The first-order chi connectivity index (χ1) is 6.58. The van der Waals surface area contributed by atoms with Gasteiger partial charge in [-0.25, -0.2) is 0 Å². The van der Waals surface area contributed by atoms with Gasteiger partial charge in [-0.05, 0) is 13.8 Å². The minimum atomic E-state index is -0.237. The highest BCUT2D eigenvalue weighted by Crippen LogP contribution is 2.22. The molecule has 0 unspecified atom stereocenters. The average Bonchev–Trinajstić information content (AvgIpc) is 2.08. The lowest BCUT2D eigenvalue weighted by Crippen LogP contribution is -2.41. The number of H-pyrrole nitrogens is 1. The molecule has 2 rings (SSSR count). The number of nitrogens with one attached hydrogen (secondary N) is 3. The van der Waals surface area contributed by atoms with E-state index in [2.05, 4.69) is 20.6 Å². The summed E-state index contributed by atoms with van der Waals surface area (Å²) in [6, 6.07) is 0.408. The Morgan fingerprint density at radius 2 is 1.93 bits per heavy atom. The number of hydrogen-bond donors (Lipinski definition) is 4. The average molecular weight is 195 g/mol. The molecule has 0 saturated heterocycles. The van der Waals surface area contributed by atoms with Crippen molar-refractivity contribution in [2.45, 2.75) is 25.9 Å². The van der Waals surface area contributed by atoms with E-state index in [0.717, 1.165) is 0 Å². The molecule has 0 bridgehead atoms. The molecule has 0 amide bonds. The van der Waals surface area contributed by atoms with Crippen molar-refractivity contribution in [3.63, 3.8) is 0 Å². The second-order valence-electron chi connectivity index (χ2n) is 3.54. The number of aromatic nitrogens is 2. The molecular weight excluding hydrogens is 182 g/mol. The zero-order valence-electron chi connectivity index (χ0n) is 8.09. The third-order valence-corrected chi connectivity index (χ3v) is 2.42. The molecule has 1 aromatic rings. The van der Waals surface area contributed by atoms with E-state index in [-0.39, 0.29) is 23.6 Å². The van der Waals surface area contributed by atoms with E-state index in [1.807, 2.05) is 13.8 Å². The van der Waals surface area contributed by atoms with Crippen LogP contribution in [0.4, 0.5) is 17.5 Å². The summed E-state index contributed by atoms with van der Waals surface area (Å²) in [5.74, 6) is 0.654. The van der Waals surface area contributed by atoms with Gasteiger partial charge < -0.3 is 16.4 Å². The van der Waals surface area contributed by atoms with Crippen molar-refractivity contribution in [2.75, 3.05) is 16.4 Å². The van der Waals surface area contributed by atoms with E-state index in [1.165, 1.54) is 0 Å². The van der Waals surface area contributed by atoms with Gasteiger partial charge in [0.2, 0.25) is 5.95 Å². The normalized spacial score (nSPS) is 24.7. The quantitative estimate of drug-likeness (QED) is 0.466. The van der Waals surface area contributed by atoms with Gasteiger partial charge in [-0.3, -0.25) is 9.78 Å². The Balaban J connectivity index is 2.52. The molecule has 0 radical (unpaired) electrons. The van der Waals surface area contributed by atoms with Crippen LogP contribution in [-0.2, 0) is 0 Å². The zero-order chi connectivity index (χ0) is 10.3. The van der Waals surface area contributed by atoms with Crippen molar-refractivity contribution in [2.24, 2.45) is 0 Å². The largest absolute Gasteiger partial charge is 0.373 e. The topological polar surface area (TPSA) is 95.8 Å². The molecule has 1 aliphatic heterocycles. The Morgan fingerprint density at radius 3 is 2.64 bits per heavy atom. The summed E-state index contributed by atoms with van der Waals surface area (Å²) in [5.41, 5.74) is 5.65. The maximum atomic E-state index is 11.5. The Morgan fingerprint density at radius 1 is 1.29 bits per heavy atom. The van der Waals surface area contributed by atoms with Gasteiger partial charge in [-0.2, -0.15) is 4.98 Å². The first-order valence-corrected chi connectivity index (χ1v) is 4.51. The number of nitrogens with zero attached hydrogens (tertiary/aromatic N) is 1. The summed E-state index contributed by atoms with van der Waals surface area (Å²) in [4.78, 5) is 17.9. The number of nitrogens with two attached hydrogens (primary N) is 1. The van der Waals surface area contributed by atoms with Gasteiger partial charge >= 0.3 is 0 Å². The van der Waals surface area contributed by atoms with Crippen molar-refractivity contribution >= 4 is 17.5 Å². The fourth-order valence-corrected chi connectivity index (χ4v) is 1.42. The molecule has 14 heavy (non-hydrogen) atoms. The number of anilines is 3. The van der Waals surface area contributed by atoms with Crippen molar-refractivity contribution in [1.29, 1.82) is 0 Å². The van der Waals surface area contributed by atoms with Gasteiger partial charge in [0.25, 0.3) is 5.56 Å². The van der Waals surface area contributed by atoms with Crippen LogP contribution >= 0.6 is 0 Å². The Hall–Kier alpha value is -1.72.